The number of aromatic nitrogens is 3. The number of benzene rings is 2. The van der Waals surface area contributed by atoms with Gasteiger partial charge in [0.2, 0.25) is 0 Å². The van der Waals surface area contributed by atoms with Crippen LogP contribution in [0.15, 0.2) is 46.9 Å². The Morgan fingerprint density at radius 2 is 1.68 bits per heavy atom. The second kappa shape index (κ2) is 8.76. The Bertz CT molecular complexity index is 1130. The van der Waals surface area contributed by atoms with Gasteiger partial charge in [-0.2, -0.15) is 0 Å². The number of hydrogen-bond acceptors (Lipinski definition) is 6. The molecule has 1 saturated carbocycles. The van der Waals surface area contributed by atoms with Gasteiger partial charge in [-0.15, -0.1) is 5.10 Å². The molecule has 0 aliphatic heterocycles. The highest BCUT2D eigenvalue weighted by Gasteiger charge is 2.34. The highest BCUT2D eigenvalue weighted by atomic mass is 79.9. The molecule has 1 aliphatic rings. The number of rotatable bonds is 6. The standard InChI is InChI=1S/C21H20BrN5O4/c1-30-16-10-5-13(11-17(16)31-2)20(28)24-25-21(29)18-19(12-3-4-12)27(26-23-18)15-8-6-14(22)7-9-15/h5-12H,3-4H2,1-2H3,(H,24,28)(H,25,29). The molecule has 10 heteroatoms. The lowest BCUT2D eigenvalue weighted by molar-refractivity contribution is 0.0843. The normalized spacial score (nSPS) is 12.9. The summed E-state index contributed by atoms with van der Waals surface area (Å²) in [5.74, 6) is 0.0965. The fraction of sp³-hybridized carbons (Fsp3) is 0.238. The van der Waals surface area contributed by atoms with Crippen LogP contribution in [0.3, 0.4) is 0 Å². The smallest absolute Gasteiger partial charge is 0.292 e. The van der Waals surface area contributed by atoms with Crippen LogP contribution in [0.2, 0.25) is 0 Å². The minimum absolute atomic E-state index is 0.193. The Morgan fingerprint density at radius 3 is 2.32 bits per heavy atom. The molecule has 2 aromatic carbocycles. The molecule has 3 aromatic rings. The van der Waals surface area contributed by atoms with Crippen LogP contribution in [0.1, 0.15) is 45.3 Å². The Labute approximate surface area is 186 Å². The number of amides is 2. The first-order chi connectivity index (χ1) is 15.0. The van der Waals surface area contributed by atoms with Crippen molar-refractivity contribution in [2.75, 3.05) is 14.2 Å². The van der Waals surface area contributed by atoms with Crippen LogP contribution in [0.5, 0.6) is 11.5 Å². The number of methoxy groups -OCH3 is 2. The van der Waals surface area contributed by atoms with Crippen LogP contribution < -0.4 is 20.3 Å². The number of nitrogens with one attached hydrogen (secondary N) is 2. The van der Waals surface area contributed by atoms with Gasteiger partial charge >= 0.3 is 0 Å². The van der Waals surface area contributed by atoms with Crippen LogP contribution in [0, 0.1) is 0 Å². The monoisotopic (exact) mass is 485 g/mol. The summed E-state index contributed by atoms with van der Waals surface area (Å²) < 4.78 is 13.0. The summed E-state index contributed by atoms with van der Waals surface area (Å²) in [6.45, 7) is 0. The van der Waals surface area contributed by atoms with E-state index in [1.807, 2.05) is 24.3 Å². The number of carbonyl (C=O) groups is 2. The zero-order valence-electron chi connectivity index (χ0n) is 16.9. The van der Waals surface area contributed by atoms with Crippen molar-refractivity contribution in [3.8, 4) is 17.2 Å². The molecule has 1 heterocycles. The number of halogens is 1. The fourth-order valence-corrected chi connectivity index (χ4v) is 3.43. The Morgan fingerprint density at radius 1 is 1.00 bits per heavy atom. The van der Waals surface area contributed by atoms with Crippen LogP contribution >= 0.6 is 15.9 Å². The summed E-state index contributed by atoms with van der Waals surface area (Å²) in [7, 11) is 2.99. The van der Waals surface area contributed by atoms with Crippen molar-refractivity contribution >= 4 is 27.7 Å². The number of nitrogens with zero attached hydrogens (tertiary/aromatic N) is 3. The minimum Gasteiger partial charge on any atom is -0.493 e. The Kier molecular flexibility index (Phi) is 5.90. The largest absolute Gasteiger partial charge is 0.493 e. The first-order valence-corrected chi connectivity index (χ1v) is 10.4. The first-order valence-electron chi connectivity index (χ1n) is 9.56. The van der Waals surface area contributed by atoms with Gasteiger partial charge in [0.05, 0.1) is 25.6 Å². The average molecular weight is 486 g/mol. The highest BCUT2D eigenvalue weighted by molar-refractivity contribution is 9.10. The van der Waals surface area contributed by atoms with E-state index in [2.05, 4.69) is 37.1 Å². The van der Waals surface area contributed by atoms with Crippen LogP contribution in [-0.2, 0) is 0 Å². The van der Waals surface area contributed by atoms with Crippen molar-refractivity contribution in [2.24, 2.45) is 0 Å². The van der Waals surface area contributed by atoms with Gasteiger partial charge in [0.1, 0.15) is 0 Å². The lowest BCUT2D eigenvalue weighted by Crippen LogP contribution is -2.42. The number of ether oxygens (including phenoxy) is 2. The van der Waals surface area contributed by atoms with Crippen molar-refractivity contribution in [3.63, 3.8) is 0 Å². The van der Waals surface area contributed by atoms with Crippen molar-refractivity contribution in [2.45, 2.75) is 18.8 Å². The van der Waals surface area contributed by atoms with E-state index in [0.717, 1.165) is 28.7 Å². The molecule has 0 atom stereocenters. The summed E-state index contributed by atoms with van der Waals surface area (Å²) in [5.41, 5.74) is 6.88. The number of hydrazine groups is 1. The molecule has 2 amide bonds. The van der Waals surface area contributed by atoms with Gasteiger partial charge in [-0.05, 0) is 55.3 Å². The molecular weight excluding hydrogens is 466 g/mol. The lowest BCUT2D eigenvalue weighted by atomic mass is 10.2. The second-order valence-corrected chi connectivity index (χ2v) is 7.88. The van der Waals surface area contributed by atoms with Crippen LogP contribution in [0.4, 0.5) is 0 Å². The van der Waals surface area contributed by atoms with Crippen LogP contribution in [-0.4, -0.2) is 41.0 Å². The summed E-state index contributed by atoms with van der Waals surface area (Å²) in [4.78, 5) is 25.2. The average Bonchev–Trinajstić information content (AvgIpc) is 3.54. The molecule has 160 valence electrons. The van der Waals surface area contributed by atoms with E-state index < -0.39 is 11.8 Å². The van der Waals surface area contributed by atoms with Crippen molar-refractivity contribution in [1.82, 2.24) is 25.8 Å². The lowest BCUT2D eigenvalue weighted by Gasteiger charge is -2.11. The molecule has 0 spiro atoms. The van der Waals surface area contributed by atoms with E-state index >= 15 is 0 Å². The Hall–Kier alpha value is -3.40. The minimum atomic E-state index is -0.529. The molecular formula is C21H20BrN5O4. The van der Waals surface area contributed by atoms with Gasteiger partial charge < -0.3 is 9.47 Å². The summed E-state index contributed by atoms with van der Waals surface area (Å²) in [6, 6.07) is 12.3. The third kappa shape index (κ3) is 4.38. The van der Waals surface area contributed by atoms with E-state index in [1.165, 1.54) is 20.3 Å². The molecule has 1 fully saturated rings. The molecule has 0 radical (unpaired) electrons. The fourth-order valence-electron chi connectivity index (χ4n) is 3.17. The van der Waals surface area contributed by atoms with E-state index in [1.54, 1.807) is 16.8 Å². The van der Waals surface area contributed by atoms with Gasteiger partial charge in [0.25, 0.3) is 11.8 Å². The molecule has 0 saturated heterocycles. The number of carbonyl (C=O) groups excluding carboxylic acids is 2. The van der Waals surface area contributed by atoms with Gasteiger partial charge in [-0.1, -0.05) is 21.1 Å². The molecule has 31 heavy (non-hydrogen) atoms. The molecule has 2 N–H and O–H groups in total. The van der Waals surface area contributed by atoms with E-state index in [0.29, 0.717) is 17.1 Å². The maximum atomic E-state index is 12.8. The van der Waals surface area contributed by atoms with Gasteiger partial charge in [-0.25, -0.2) is 4.68 Å². The van der Waals surface area contributed by atoms with Crippen molar-refractivity contribution in [1.29, 1.82) is 0 Å². The van der Waals surface area contributed by atoms with E-state index in [-0.39, 0.29) is 11.6 Å². The molecule has 4 rings (SSSR count). The van der Waals surface area contributed by atoms with Gasteiger partial charge in [0, 0.05) is 16.0 Å². The SMILES string of the molecule is COc1ccc(C(=O)NNC(=O)c2nnn(-c3ccc(Br)cc3)c2C2CC2)cc1OC. The quantitative estimate of drug-likeness (QED) is 0.519. The molecule has 1 aliphatic carbocycles. The van der Waals surface area contributed by atoms with Gasteiger partial charge in [0.15, 0.2) is 17.2 Å². The van der Waals surface area contributed by atoms with Crippen molar-refractivity contribution in [3.05, 3.63) is 63.9 Å². The molecule has 0 bridgehead atoms. The summed E-state index contributed by atoms with van der Waals surface area (Å²) in [5, 5.41) is 8.25. The van der Waals surface area contributed by atoms with Crippen molar-refractivity contribution < 1.29 is 19.1 Å². The first kappa shape index (κ1) is 20.9. The van der Waals surface area contributed by atoms with Crippen LogP contribution in [0.25, 0.3) is 5.69 Å². The third-order valence-corrected chi connectivity index (χ3v) is 5.42. The Balaban J connectivity index is 1.50. The third-order valence-electron chi connectivity index (χ3n) is 4.89. The predicted octanol–water partition coefficient (Wildman–Crippen LogP) is 3.00. The predicted molar refractivity (Wildman–Crippen MR) is 116 cm³/mol. The number of hydrogen-bond donors (Lipinski definition) is 2. The maximum absolute atomic E-state index is 12.8. The second-order valence-electron chi connectivity index (χ2n) is 6.96. The van der Waals surface area contributed by atoms with E-state index in [4.69, 9.17) is 9.47 Å². The molecule has 1 aromatic heterocycles. The highest BCUT2D eigenvalue weighted by Crippen LogP contribution is 2.42. The maximum Gasteiger partial charge on any atom is 0.292 e. The topological polar surface area (TPSA) is 107 Å². The summed E-state index contributed by atoms with van der Waals surface area (Å²) >= 11 is 3.41. The molecule has 0 unspecified atom stereocenters. The van der Waals surface area contributed by atoms with E-state index in [9.17, 15) is 9.59 Å². The summed E-state index contributed by atoms with van der Waals surface area (Å²) in [6.07, 6.45) is 1.92. The zero-order chi connectivity index (χ0) is 22.0. The van der Waals surface area contributed by atoms with Gasteiger partial charge in [-0.3, -0.25) is 20.4 Å². The molecule has 9 nitrogen and oxygen atoms in total. The zero-order valence-corrected chi connectivity index (χ0v) is 18.5.